The Balaban J connectivity index is 2.40. The van der Waals surface area contributed by atoms with Crippen LogP contribution < -0.4 is 0 Å². The Morgan fingerprint density at radius 1 is 1.53 bits per heavy atom. The average Bonchev–Trinajstić information content (AvgIpc) is 2.97. The lowest BCUT2D eigenvalue weighted by atomic mass is 9.95. The summed E-state index contributed by atoms with van der Waals surface area (Å²) < 4.78 is 10.7. The Morgan fingerprint density at radius 3 is 2.67 bits per heavy atom. The summed E-state index contributed by atoms with van der Waals surface area (Å²) in [5, 5.41) is 0. The molecule has 1 saturated heterocycles. The van der Waals surface area contributed by atoms with Crippen LogP contribution in [0.4, 0.5) is 0 Å². The van der Waals surface area contributed by atoms with Crippen molar-refractivity contribution >= 4 is 0 Å². The van der Waals surface area contributed by atoms with E-state index in [2.05, 4.69) is 39.0 Å². The van der Waals surface area contributed by atoms with Crippen molar-refractivity contribution in [1.29, 1.82) is 0 Å². The van der Waals surface area contributed by atoms with E-state index >= 15 is 0 Å². The summed E-state index contributed by atoms with van der Waals surface area (Å²) in [5.41, 5.74) is 0. The molecule has 86 valence electrons. The van der Waals surface area contributed by atoms with Gasteiger partial charge >= 0.3 is 0 Å². The van der Waals surface area contributed by atoms with Crippen molar-refractivity contribution in [3.05, 3.63) is 24.0 Å². The Morgan fingerprint density at radius 2 is 2.20 bits per heavy atom. The lowest BCUT2D eigenvalue weighted by Gasteiger charge is -2.14. The van der Waals surface area contributed by atoms with Crippen LogP contribution >= 0.6 is 0 Å². The summed E-state index contributed by atoms with van der Waals surface area (Å²) in [6.07, 6.45) is 6.84. The van der Waals surface area contributed by atoms with Gasteiger partial charge in [-0.2, -0.15) is 0 Å². The molecule has 0 radical (unpaired) electrons. The average molecular weight is 210 g/mol. The van der Waals surface area contributed by atoms with Gasteiger partial charge in [0.25, 0.3) is 0 Å². The highest BCUT2D eigenvalue weighted by molar-refractivity contribution is 5.04. The largest absolute Gasteiger partial charge is 0.496 e. The summed E-state index contributed by atoms with van der Waals surface area (Å²) in [4.78, 5) is 0. The highest BCUT2D eigenvalue weighted by Gasteiger charge is 2.23. The van der Waals surface area contributed by atoms with Gasteiger partial charge in [-0.15, -0.1) is 0 Å². The normalized spacial score (nSPS) is 23.5. The maximum atomic E-state index is 5.60. The minimum absolute atomic E-state index is 0.340. The smallest absolute Gasteiger partial charge is 0.116 e. The predicted octanol–water partition coefficient (Wildman–Crippen LogP) is 3.15. The molecule has 0 aromatic rings. The second-order valence-electron chi connectivity index (χ2n) is 4.39. The molecule has 2 heteroatoms. The van der Waals surface area contributed by atoms with Crippen LogP contribution in [0.5, 0.6) is 0 Å². The van der Waals surface area contributed by atoms with Crippen LogP contribution in [-0.4, -0.2) is 19.3 Å². The molecule has 0 aliphatic carbocycles. The SMILES string of the molecule is C/C=C\C(/C=C(\C)OCC1CO1)C(C)C. The van der Waals surface area contributed by atoms with Gasteiger partial charge in [0.1, 0.15) is 12.7 Å². The molecule has 1 rings (SSSR count). The van der Waals surface area contributed by atoms with E-state index in [9.17, 15) is 0 Å². The minimum Gasteiger partial charge on any atom is -0.496 e. The summed E-state index contributed by atoms with van der Waals surface area (Å²) in [5.74, 6) is 2.08. The van der Waals surface area contributed by atoms with Crippen LogP contribution in [0.1, 0.15) is 27.7 Å². The van der Waals surface area contributed by atoms with Gasteiger partial charge in [-0.3, -0.25) is 0 Å². The molecular weight excluding hydrogens is 188 g/mol. The second kappa shape index (κ2) is 5.96. The van der Waals surface area contributed by atoms with Gasteiger partial charge in [0, 0.05) is 5.92 Å². The van der Waals surface area contributed by atoms with E-state index in [1.807, 2.05) is 6.92 Å². The molecule has 0 bridgehead atoms. The molecule has 0 saturated carbocycles. The van der Waals surface area contributed by atoms with Crippen LogP contribution in [0.3, 0.4) is 0 Å². The van der Waals surface area contributed by atoms with E-state index in [0.717, 1.165) is 12.4 Å². The number of rotatable bonds is 6. The molecule has 0 N–H and O–H groups in total. The molecule has 1 fully saturated rings. The first-order valence-electron chi connectivity index (χ1n) is 5.69. The fourth-order valence-corrected chi connectivity index (χ4v) is 1.40. The number of epoxide rings is 1. The lowest BCUT2D eigenvalue weighted by molar-refractivity contribution is 0.182. The van der Waals surface area contributed by atoms with Crippen molar-refractivity contribution in [1.82, 2.24) is 0 Å². The Kier molecular flexibility index (Phi) is 4.89. The van der Waals surface area contributed by atoms with Crippen LogP contribution in [0.25, 0.3) is 0 Å². The molecule has 1 aliphatic heterocycles. The summed E-state index contributed by atoms with van der Waals surface area (Å²) in [6, 6.07) is 0. The standard InChI is InChI=1S/C13H22O2/c1-5-6-12(10(2)3)7-11(4)14-8-13-9-15-13/h5-7,10,12-13H,8-9H2,1-4H3/b6-5-,11-7+. The molecule has 2 atom stereocenters. The molecule has 1 heterocycles. The third-order valence-electron chi connectivity index (χ3n) is 2.51. The van der Waals surface area contributed by atoms with Crippen LogP contribution in [0.2, 0.25) is 0 Å². The van der Waals surface area contributed by atoms with Crippen molar-refractivity contribution in [3.63, 3.8) is 0 Å². The topological polar surface area (TPSA) is 21.8 Å². The van der Waals surface area contributed by atoms with Crippen molar-refractivity contribution in [3.8, 4) is 0 Å². The highest BCUT2D eigenvalue weighted by Crippen LogP contribution is 2.18. The second-order valence-corrected chi connectivity index (χ2v) is 4.39. The molecule has 0 aromatic heterocycles. The molecular formula is C13H22O2. The first-order chi connectivity index (χ1) is 7.13. The fraction of sp³-hybridized carbons (Fsp3) is 0.692. The summed E-state index contributed by atoms with van der Waals surface area (Å²) in [6.45, 7) is 10.1. The van der Waals surface area contributed by atoms with Gasteiger partial charge in [0.15, 0.2) is 0 Å². The Bertz CT molecular complexity index is 237. The molecule has 0 amide bonds. The Hall–Kier alpha value is -0.760. The van der Waals surface area contributed by atoms with Crippen LogP contribution in [0.15, 0.2) is 24.0 Å². The first-order valence-corrected chi connectivity index (χ1v) is 5.69. The van der Waals surface area contributed by atoms with Gasteiger partial charge < -0.3 is 9.47 Å². The van der Waals surface area contributed by atoms with Crippen molar-refractivity contribution in [2.24, 2.45) is 11.8 Å². The minimum atomic E-state index is 0.340. The van der Waals surface area contributed by atoms with Gasteiger partial charge in [0.2, 0.25) is 0 Å². The number of hydrogen-bond donors (Lipinski definition) is 0. The molecule has 0 spiro atoms. The van der Waals surface area contributed by atoms with Crippen LogP contribution in [0, 0.1) is 11.8 Å². The molecule has 15 heavy (non-hydrogen) atoms. The fourth-order valence-electron chi connectivity index (χ4n) is 1.40. The molecule has 1 aliphatic rings. The maximum Gasteiger partial charge on any atom is 0.116 e. The quantitative estimate of drug-likeness (QED) is 0.381. The maximum absolute atomic E-state index is 5.60. The van der Waals surface area contributed by atoms with Gasteiger partial charge in [-0.25, -0.2) is 0 Å². The zero-order chi connectivity index (χ0) is 11.3. The van der Waals surface area contributed by atoms with E-state index in [4.69, 9.17) is 9.47 Å². The number of ether oxygens (including phenoxy) is 2. The Labute approximate surface area is 93.0 Å². The first kappa shape index (κ1) is 12.3. The monoisotopic (exact) mass is 210 g/mol. The van der Waals surface area contributed by atoms with E-state index in [1.165, 1.54) is 0 Å². The molecule has 2 unspecified atom stereocenters. The van der Waals surface area contributed by atoms with E-state index < -0.39 is 0 Å². The third-order valence-corrected chi connectivity index (χ3v) is 2.51. The molecule has 0 aromatic carbocycles. The summed E-state index contributed by atoms with van der Waals surface area (Å²) >= 11 is 0. The van der Waals surface area contributed by atoms with Crippen molar-refractivity contribution in [2.45, 2.75) is 33.8 Å². The highest BCUT2D eigenvalue weighted by atomic mass is 16.6. The van der Waals surface area contributed by atoms with Crippen molar-refractivity contribution in [2.75, 3.05) is 13.2 Å². The predicted molar refractivity (Wildman–Crippen MR) is 62.6 cm³/mol. The van der Waals surface area contributed by atoms with Gasteiger partial charge in [-0.1, -0.05) is 26.0 Å². The van der Waals surface area contributed by atoms with Gasteiger partial charge in [-0.05, 0) is 25.8 Å². The third kappa shape index (κ3) is 5.03. The van der Waals surface area contributed by atoms with E-state index in [-0.39, 0.29) is 0 Å². The van der Waals surface area contributed by atoms with E-state index in [1.54, 1.807) is 0 Å². The molecule has 2 nitrogen and oxygen atoms in total. The van der Waals surface area contributed by atoms with E-state index in [0.29, 0.717) is 24.5 Å². The van der Waals surface area contributed by atoms with Crippen molar-refractivity contribution < 1.29 is 9.47 Å². The zero-order valence-corrected chi connectivity index (χ0v) is 10.2. The number of hydrogen-bond acceptors (Lipinski definition) is 2. The van der Waals surface area contributed by atoms with Crippen LogP contribution in [-0.2, 0) is 9.47 Å². The lowest BCUT2D eigenvalue weighted by Crippen LogP contribution is -2.05. The summed E-state index contributed by atoms with van der Waals surface area (Å²) in [7, 11) is 0. The zero-order valence-electron chi connectivity index (χ0n) is 10.2. The van der Waals surface area contributed by atoms with Gasteiger partial charge in [0.05, 0.1) is 12.4 Å². The number of allylic oxidation sites excluding steroid dienone is 4.